The normalized spacial score (nSPS) is 11.8. The molecule has 0 spiro atoms. The molecule has 12 aromatic carbocycles. The molecule has 0 heterocycles. The van der Waals surface area contributed by atoms with Crippen molar-refractivity contribution in [3.05, 3.63) is 211 Å². The maximum absolute atomic E-state index is 4.09. The molecule has 0 amide bonds. The Hall–Kier alpha value is -7.88. The second kappa shape index (κ2) is 13.9. The second-order valence-electron chi connectivity index (χ2n) is 16.4. The van der Waals surface area contributed by atoms with Crippen molar-refractivity contribution < 1.29 is 0 Å². The summed E-state index contributed by atoms with van der Waals surface area (Å²) in [6.07, 6.45) is 0. The minimum atomic E-state index is 1.02. The van der Waals surface area contributed by atoms with E-state index in [4.69, 9.17) is 0 Å². The highest BCUT2D eigenvalue weighted by Crippen LogP contribution is 2.56. The molecule has 3 nitrogen and oxygen atoms in total. The fourth-order valence-electron chi connectivity index (χ4n) is 9.79. The maximum atomic E-state index is 4.09. The first-order valence-electron chi connectivity index (χ1n) is 21.1. The number of nitrogens with one attached hydrogen (secondary N) is 2. The lowest BCUT2D eigenvalue weighted by Gasteiger charge is -2.32. The third-order valence-corrected chi connectivity index (χ3v) is 12.6. The van der Waals surface area contributed by atoms with Crippen LogP contribution in [0.4, 0.5) is 39.8 Å². The number of hydrogen-bond acceptors (Lipinski definition) is 3. The summed E-state index contributed by atoms with van der Waals surface area (Å²) in [4.78, 5) is 2.45. The van der Waals surface area contributed by atoms with Crippen LogP contribution < -0.4 is 15.5 Å². The van der Waals surface area contributed by atoms with E-state index in [2.05, 4.69) is 230 Å². The zero-order valence-corrected chi connectivity index (χ0v) is 34.0. The molecule has 61 heavy (non-hydrogen) atoms. The molecule has 0 saturated carbocycles. The minimum absolute atomic E-state index is 1.02. The highest BCUT2D eigenvalue weighted by Gasteiger charge is 2.29. The van der Waals surface area contributed by atoms with E-state index in [0.717, 1.165) is 50.9 Å². The minimum Gasteiger partial charge on any atom is -0.353 e. The molecule has 0 saturated heterocycles. The van der Waals surface area contributed by atoms with Crippen LogP contribution >= 0.6 is 0 Å². The van der Waals surface area contributed by atoms with Gasteiger partial charge in [0, 0.05) is 44.6 Å². The van der Waals surface area contributed by atoms with Crippen molar-refractivity contribution in [2.24, 2.45) is 0 Å². The number of anilines is 7. The first kappa shape index (κ1) is 35.1. The SMILES string of the molecule is Cc1ccc(Nc2c(Nc3ccc(C)cc3)c3ccc4cccc5ccc(c2-c2c(N(c6ccccc6)c6ccccc6)cc6ccc7cccc8ccc2c6c78)c3c45)cc1. The average molecular weight is 780 g/mol. The molecule has 0 aliphatic carbocycles. The zero-order valence-electron chi connectivity index (χ0n) is 34.0. The zero-order chi connectivity index (χ0) is 40.6. The van der Waals surface area contributed by atoms with Gasteiger partial charge in [0.1, 0.15) is 0 Å². The molecule has 2 N–H and O–H groups in total. The standard InChI is InChI=1S/C58H41N3/c1-36-19-28-43(29-20-36)59-57-49-34-27-41-14-10-13-40-26-33-48(54(49)52(40)41)56(58(57)60-44-30-21-37(2)22-31-44)55-47-32-25-39-12-9-11-38-23-24-42(53(47)51(38)39)35-50(55)61(45-15-5-3-6-16-45)46-17-7-4-8-18-46/h3-35,59-60H,1-2H3. The van der Waals surface area contributed by atoms with Gasteiger partial charge in [0.25, 0.3) is 0 Å². The van der Waals surface area contributed by atoms with Gasteiger partial charge in [0.05, 0.1) is 17.1 Å². The van der Waals surface area contributed by atoms with Crippen molar-refractivity contribution in [3.8, 4) is 11.1 Å². The Labute approximate surface area is 354 Å². The predicted molar refractivity (Wildman–Crippen MR) is 263 cm³/mol. The number of nitrogens with zero attached hydrogens (tertiary/aromatic N) is 1. The summed E-state index contributed by atoms with van der Waals surface area (Å²) in [5.74, 6) is 0. The lowest BCUT2D eigenvalue weighted by atomic mass is 9.83. The lowest BCUT2D eigenvalue weighted by molar-refractivity contribution is 1.29. The van der Waals surface area contributed by atoms with Crippen LogP contribution in [0.25, 0.3) is 75.8 Å². The Kier molecular flexibility index (Phi) is 7.98. The van der Waals surface area contributed by atoms with Gasteiger partial charge in [-0.1, -0.05) is 157 Å². The maximum Gasteiger partial charge on any atom is 0.0716 e. The third kappa shape index (κ3) is 5.66. The molecule has 0 fully saturated rings. The second-order valence-corrected chi connectivity index (χ2v) is 16.4. The highest BCUT2D eigenvalue weighted by atomic mass is 15.1. The van der Waals surface area contributed by atoms with E-state index in [1.165, 1.54) is 75.8 Å². The van der Waals surface area contributed by atoms with Gasteiger partial charge in [-0.15, -0.1) is 0 Å². The molecule has 0 aliphatic rings. The van der Waals surface area contributed by atoms with Crippen LogP contribution in [-0.4, -0.2) is 0 Å². The van der Waals surface area contributed by atoms with E-state index in [0.29, 0.717) is 0 Å². The highest BCUT2D eigenvalue weighted by molar-refractivity contribution is 6.35. The van der Waals surface area contributed by atoms with E-state index < -0.39 is 0 Å². The summed E-state index contributed by atoms with van der Waals surface area (Å²) in [5.41, 5.74) is 12.1. The number of benzene rings is 12. The molecular formula is C58H41N3. The van der Waals surface area contributed by atoms with E-state index in [9.17, 15) is 0 Å². The van der Waals surface area contributed by atoms with E-state index >= 15 is 0 Å². The number of hydrogen-bond donors (Lipinski definition) is 2. The number of rotatable bonds is 8. The molecule has 12 aromatic rings. The van der Waals surface area contributed by atoms with Crippen LogP contribution in [-0.2, 0) is 0 Å². The topological polar surface area (TPSA) is 27.3 Å². The molecule has 3 heteroatoms. The van der Waals surface area contributed by atoms with Gasteiger partial charge < -0.3 is 15.5 Å². The van der Waals surface area contributed by atoms with Gasteiger partial charge in [-0.25, -0.2) is 0 Å². The van der Waals surface area contributed by atoms with E-state index in [1.54, 1.807) is 0 Å². The Bertz CT molecular complexity index is 3500. The summed E-state index contributed by atoms with van der Waals surface area (Å²) in [6, 6.07) is 73.5. The number of para-hydroxylation sites is 2. The van der Waals surface area contributed by atoms with Crippen LogP contribution in [0.15, 0.2) is 200 Å². The lowest BCUT2D eigenvalue weighted by Crippen LogP contribution is -2.12. The van der Waals surface area contributed by atoms with Crippen molar-refractivity contribution in [3.63, 3.8) is 0 Å². The Morgan fingerprint density at radius 3 is 1.31 bits per heavy atom. The van der Waals surface area contributed by atoms with Gasteiger partial charge in [-0.2, -0.15) is 0 Å². The van der Waals surface area contributed by atoms with Gasteiger partial charge in [0.15, 0.2) is 0 Å². The smallest absolute Gasteiger partial charge is 0.0716 e. The first-order chi connectivity index (χ1) is 30.1. The summed E-state index contributed by atoms with van der Waals surface area (Å²) in [5, 5.41) is 22.9. The van der Waals surface area contributed by atoms with Crippen molar-refractivity contribution in [2.45, 2.75) is 13.8 Å². The third-order valence-electron chi connectivity index (χ3n) is 12.6. The Morgan fingerprint density at radius 1 is 0.328 bits per heavy atom. The van der Waals surface area contributed by atoms with Crippen molar-refractivity contribution in [1.29, 1.82) is 0 Å². The Balaban J connectivity index is 1.32. The van der Waals surface area contributed by atoms with Crippen molar-refractivity contribution >= 4 is 104 Å². The molecule has 0 atom stereocenters. The van der Waals surface area contributed by atoms with Gasteiger partial charge in [-0.3, -0.25) is 0 Å². The van der Waals surface area contributed by atoms with Crippen LogP contribution in [0.1, 0.15) is 11.1 Å². The van der Waals surface area contributed by atoms with Crippen LogP contribution in [0.5, 0.6) is 0 Å². The summed E-state index contributed by atoms with van der Waals surface area (Å²) < 4.78 is 0. The van der Waals surface area contributed by atoms with Gasteiger partial charge in [0.2, 0.25) is 0 Å². The monoisotopic (exact) mass is 779 g/mol. The molecule has 0 aliphatic heterocycles. The summed E-state index contributed by atoms with van der Waals surface area (Å²) >= 11 is 0. The van der Waals surface area contributed by atoms with Crippen LogP contribution in [0.2, 0.25) is 0 Å². The molecule has 288 valence electrons. The van der Waals surface area contributed by atoms with Crippen LogP contribution in [0, 0.1) is 13.8 Å². The molecule has 0 bridgehead atoms. The fraction of sp³-hybridized carbons (Fsp3) is 0.0345. The van der Waals surface area contributed by atoms with Crippen LogP contribution in [0.3, 0.4) is 0 Å². The predicted octanol–water partition coefficient (Wildman–Crippen LogP) is 16.7. The largest absolute Gasteiger partial charge is 0.353 e. The quantitative estimate of drug-likeness (QED) is 0.150. The summed E-state index contributed by atoms with van der Waals surface area (Å²) in [7, 11) is 0. The first-order valence-corrected chi connectivity index (χ1v) is 21.1. The fourth-order valence-corrected chi connectivity index (χ4v) is 9.79. The van der Waals surface area contributed by atoms with Crippen molar-refractivity contribution in [1.82, 2.24) is 0 Å². The average Bonchev–Trinajstić information content (AvgIpc) is 3.30. The summed E-state index contributed by atoms with van der Waals surface area (Å²) in [6.45, 7) is 4.29. The Morgan fingerprint density at radius 2 is 0.770 bits per heavy atom. The van der Waals surface area contributed by atoms with Crippen molar-refractivity contribution in [2.75, 3.05) is 15.5 Å². The van der Waals surface area contributed by atoms with E-state index in [1.807, 2.05) is 0 Å². The number of aryl methyl sites for hydroxylation is 2. The molecule has 0 aromatic heterocycles. The van der Waals surface area contributed by atoms with Gasteiger partial charge in [-0.05, 0) is 122 Å². The molecule has 12 rings (SSSR count). The molecule has 0 radical (unpaired) electrons. The van der Waals surface area contributed by atoms with Gasteiger partial charge >= 0.3 is 0 Å². The molecular weight excluding hydrogens is 739 g/mol. The molecule has 0 unspecified atom stereocenters. The van der Waals surface area contributed by atoms with E-state index in [-0.39, 0.29) is 0 Å².